The van der Waals surface area contributed by atoms with E-state index in [2.05, 4.69) is 24.1 Å². The van der Waals surface area contributed by atoms with Crippen LogP contribution in [0.2, 0.25) is 0 Å². The highest BCUT2D eigenvalue weighted by molar-refractivity contribution is 5.81. The van der Waals surface area contributed by atoms with Gasteiger partial charge in [0.2, 0.25) is 5.91 Å². The molecule has 0 bridgehead atoms. The molecule has 1 N–H and O–H groups in total. The van der Waals surface area contributed by atoms with Crippen LogP contribution in [0.1, 0.15) is 33.1 Å². The molecule has 0 aromatic heterocycles. The molecule has 3 nitrogen and oxygen atoms in total. The smallest absolute Gasteiger partial charge is 0.226 e. The fourth-order valence-corrected chi connectivity index (χ4v) is 2.53. The summed E-state index contributed by atoms with van der Waals surface area (Å²) in [6.45, 7) is 7.21. The van der Waals surface area contributed by atoms with Crippen molar-refractivity contribution in [2.45, 2.75) is 39.2 Å². The number of carbonyl (C=O) groups excluding carboxylic acids is 1. The molecule has 3 atom stereocenters. The Kier molecular flexibility index (Phi) is 3.29. The highest BCUT2D eigenvalue weighted by Crippen LogP contribution is 2.39. The largest absolute Gasteiger partial charge is 0.341 e. The molecule has 1 amide bonds. The SMILES string of the molecule is CCNC1CCCN(C(=O)C2CC2C)C1. The van der Waals surface area contributed by atoms with Gasteiger partial charge in [0.05, 0.1) is 0 Å². The molecule has 1 heterocycles. The first-order chi connectivity index (χ1) is 7.22. The van der Waals surface area contributed by atoms with Crippen molar-refractivity contribution in [1.29, 1.82) is 0 Å². The van der Waals surface area contributed by atoms with Crippen molar-refractivity contribution < 1.29 is 4.79 Å². The van der Waals surface area contributed by atoms with Crippen molar-refractivity contribution in [3.8, 4) is 0 Å². The number of piperidine rings is 1. The van der Waals surface area contributed by atoms with Crippen LogP contribution in [-0.4, -0.2) is 36.5 Å². The molecule has 1 aliphatic heterocycles. The molecule has 2 fully saturated rings. The van der Waals surface area contributed by atoms with Gasteiger partial charge >= 0.3 is 0 Å². The number of carbonyl (C=O) groups is 1. The van der Waals surface area contributed by atoms with E-state index in [9.17, 15) is 4.79 Å². The third kappa shape index (κ3) is 2.51. The summed E-state index contributed by atoms with van der Waals surface area (Å²) in [5.74, 6) is 1.40. The monoisotopic (exact) mass is 210 g/mol. The first-order valence-corrected chi connectivity index (χ1v) is 6.24. The molecule has 86 valence electrons. The predicted molar refractivity (Wildman–Crippen MR) is 60.5 cm³/mol. The third-order valence-corrected chi connectivity index (χ3v) is 3.65. The van der Waals surface area contributed by atoms with Crippen LogP contribution in [0.3, 0.4) is 0 Å². The summed E-state index contributed by atoms with van der Waals surface area (Å²) in [6.07, 6.45) is 3.49. The Morgan fingerprint density at radius 1 is 1.53 bits per heavy atom. The van der Waals surface area contributed by atoms with Gasteiger partial charge < -0.3 is 10.2 Å². The second kappa shape index (κ2) is 4.52. The number of likely N-dealkylation sites (N-methyl/N-ethyl adjacent to an activating group) is 1. The lowest BCUT2D eigenvalue weighted by Crippen LogP contribution is -2.48. The molecule has 2 rings (SSSR count). The van der Waals surface area contributed by atoms with Crippen LogP contribution in [0.25, 0.3) is 0 Å². The quantitative estimate of drug-likeness (QED) is 0.760. The van der Waals surface area contributed by atoms with E-state index >= 15 is 0 Å². The zero-order chi connectivity index (χ0) is 10.8. The van der Waals surface area contributed by atoms with E-state index in [0.717, 1.165) is 32.5 Å². The Balaban J connectivity index is 1.84. The summed E-state index contributed by atoms with van der Waals surface area (Å²) < 4.78 is 0. The fraction of sp³-hybridized carbons (Fsp3) is 0.917. The molecule has 0 spiro atoms. The van der Waals surface area contributed by atoms with E-state index in [1.165, 1.54) is 6.42 Å². The van der Waals surface area contributed by atoms with Gasteiger partial charge in [0, 0.05) is 25.0 Å². The number of likely N-dealkylation sites (tertiary alicyclic amines) is 1. The van der Waals surface area contributed by atoms with Crippen LogP contribution in [0, 0.1) is 11.8 Å². The lowest BCUT2D eigenvalue weighted by Gasteiger charge is -2.33. The maximum atomic E-state index is 12.0. The van der Waals surface area contributed by atoms with Gasteiger partial charge in [-0.25, -0.2) is 0 Å². The minimum Gasteiger partial charge on any atom is -0.341 e. The first-order valence-electron chi connectivity index (χ1n) is 6.24. The van der Waals surface area contributed by atoms with Crippen molar-refractivity contribution in [3.63, 3.8) is 0 Å². The fourth-order valence-electron chi connectivity index (χ4n) is 2.53. The van der Waals surface area contributed by atoms with Gasteiger partial charge in [-0.1, -0.05) is 13.8 Å². The average Bonchev–Trinajstić information content (AvgIpc) is 2.95. The van der Waals surface area contributed by atoms with Crippen molar-refractivity contribution in [1.82, 2.24) is 10.2 Å². The Morgan fingerprint density at radius 3 is 2.87 bits per heavy atom. The minimum atomic E-state index is 0.352. The van der Waals surface area contributed by atoms with E-state index < -0.39 is 0 Å². The Bertz CT molecular complexity index is 240. The van der Waals surface area contributed by atoms with Gasteiger partial charge in [-0.2, -0.15) is 0 Å². The number of nitrogens with zero attached hydrogens (tertiary/aromatic N) is 1. The van der Waals surface area contributed by atoms with Gasteiger partial charge in [0.25, 0.3) is 0 Å². The molecule has 15 heavy (non-hydrogen) atoms. The molecule has 3 heteroatoms. The van der Waals surface area contributed by atoms with Gasteiger partial charge in [-0.3, -0.25) is 4.79 Å². The van der Waals surface area contributed by atoms with Gasteiger partial charge in [-0.15, -0.1) is 0 Å². The summed E-state index contributed by atoms with van der Waals surface area (Å²) in [5.41, 5.74) is 0. The lowest BCUT2D eigenvalue weighted by molar-refractivity contribution is -0.134. The lowest BCUT2D eigenvalue weighted by atomic mass is 10.0. The van der Waals surface area contributed by atoms with E-state index in [-0.39, 0.29) is 0 Å². The molecule has 0 aromatic carbocycles. The second-order valence-electron chi connectivity index (χ2n) is 5.00. The first kappa shape index (κ1) is 10.9. The summed E-state index contributed by atoms with van der Waals surface area (Å²) in [6, 6.07) is 0.529. The highest BCUT2D eigenvalue weighted by Gasteiger charge is 2.42. The van der Waals surface area contributed by atoms with E-state index in [4.69, 9.17) is 0 Å². The molecule has 0 radical (unpaired) electrons. The molecule has 1 saturated heterocycles. The molecule has 3 unspecified atom stereocenters. The molecule has 0 aromatic rings. The number of amides is 1. The van der Waals surface area contributed by atoms with Crippen LogP contribution in [0.15, 0.2) is 0 Å². The molecule has 1 aliphatic carbocycles. The van der Waals surface area contributed by atoms with Crippen molar-refractivity contribution in [3.05, 3.63) is 0 Å². The molecular formula is C12H22N2O. The Labute approximate surface area is 92.2 Å². The number of nitrogens with one attached hydrogen (secondary N) is 1. The second-order valence-corrected chi connectivity index (χ2v) is 5.00. The average molecular weight is 210 g/mol. The van der Waals surface area contributed by atoms with Crippen LogP contribution >= 0.6 is 0 Å². The van der Waals surface area contributed by atoms with Gasteiger partial charge in [0.1, 0.15) is 0 Å². The molecule has 2 aliphatic rings. The van der Waals surface area contributed by atoms with E-state index in [0.29, 0.717) is 23.8 Å². The maximum absolute atomic E-state index is 12.0. The standard InChI is InChI=1S/C12H22N2O/c1-3-13-10-5-4-6-14(8-10)12(15)11-7-9(11)2/h9-11,13H,3-8H2,1-2H3. The zero-order valence-electron chi connectivity index (χ0n) is 9.83. The number of hydrogen-bond donors (Lipinski definition) is 1. The van der Waals surface area contributed by atoms with Gasteiger partial charge in [-0.05, 0) is 31.7 Å². The van der Waals surface area contributed by atoms with Crippen LogP contribution in [-0.2, 0) is 4.79 Å². The Hall–Kier alpha value is -0.570. The number of hydrogen-bond acceptors (Lipinski definition) is 2. The molecule has 1 saturated carbocycles. The summed E-state index contributed by atoms with van der Waals surface area (Å²) in [5, 5.41) is 3.45. The molecular weight excluding hydrogens is 188 g/mol. The van der Waals surface area contributed by atoms with E-state index in [1.54, 1.807) is 0 Å². The summed E-state index contributed by atoms with van der Waals surface area (Å²) in [4.78, 5) is 14.1. The van der Waals surface area contributed by atoms with Gasteiger partial charge in [0.15, 0.2) is 0 Å². The maximum Gasteiger partial charge on any atom is 0.226 e. The summed E-state index contributed by atoms with van der Waals surface area (Å²) >= 11 is 0. The highest BCUT2D eigenvalue weighted by atomic mass is 16.2. The minimum absolute atomic E-state index is 0.352. The zero-order valence-corrected chi connectivity index (χ0v) is 9.83. The summed E-state index contributed by atoms with van der Waals surface area (Å²) in [7, 11) is 0. The normalized spacial score (nSPS) is 35.3. The van der Waals surface area contributed by atoms with Crippen molar-refractivity contribution >= 4 is 5.91 Å². The number of rotatable bonds is 3. The van der Waals surface area contributed by atoms with E-state index in [1.807, 2.05) is 0 Å². The predicted octanol–water partition coefficient (Wildman–Crippen LogP) is 1.24. The third-order valence-electron chi connectivity index (χ3n) is 3.65. The van der Waals surface area contributed by atoms with Crippen LogP contribution < -0.4 is 5.32 Å². The Morgan fingerprint density at radius 2 is 2.27 bits per heavy atom. The van der Waals surface area contributed by atoms with Crippen molar-refractivity contribution in [2.24, 2.45) is 11.8 Å². The van der Waals surface area contributed by atoms with Crippen LogP contribution in [0.4, 0.5) is 0 Å². The topological polar surface area (TPSA) is 32.3 Å². The van der Waals surface area contributed by atoms with Crippen LogP contribution in [0.5, 0.6) is 0 Å². The van der Waals surface area contributed by atoms with Crippen molar-refractivity contribution in [2.75, 3.05) is 19.6 Å².